The number of carbonyl (C=O) groups is 1. The number of anilines is 1. The standard InChI is InChI=1S/C16H20ClNO/c1-10-2-4-11(5-3-10)16(17)12-6-7-14-13(8-12)9-15(19)18-14/h6-8,10-11,16H,2-5,9H2,1H3,(H,18,19). The van der Waals surface area contributed by atoms with E-state index in [1.165, 1.54) is 31.2 Å². The SMILES string of the molecule is CC1CCC(C(Cl)c2ccc3c(c2)CC(=O)N3)CC1. The molecule has 3 rings (SSSR count). The third-order valence-corrected chi connectivity index (χ3v) is 5.16. The van der Waals surface area contributed by atoms with Gasteiger partial charge in [-0.05, 0) is 41.9 Å². The Hall–Kier alpha value is -1.02. The molecule has 102 valence electrons. The van der Waals surface area contributed by atoms with Gasteiger partial charge in [0, 0.05) is 5.69 Å². The van der Waals surface area contributed by atoms with Gasteiger partial charge in [0.25, 0.3) is 0 Å². The molecule has 1 atom stereocenters. The summed E-state index contributed by atoms with van der Waals surface area (Å²) in [5, 5.41) is 2.96. The van der Waals surface area contributed by atoms with Crippen molar-refractivity contribution >= 4 is 23.2 Å². The molecule has 1 unspecified atom stereocenters. The Morgan fingerprint density at radius 2 is 2.00 bits per heavy atom. The van der Waals surface area contributed by atoms with Gasteiger partial charge in [-0.1, -0.05) is 31.9 Å². The fourth-order valence-corrected chi connectivity index (χ4v) is 3.66. The van der Waals surface area contributed by atoms with E-state index >= 15 is 0 Å². The summed E-state index contributed by atoms with van der Waals surface area (Å²) in [5.74, 6) is 1.52. The van der Waals surface area contributed by atoms with Gasteiger partial charge in [-0.3, -0.25) is 4.79 Å². The number of rotatable bonds is 2. The number of carbonyl (C=O) groups excluding carboxylic acids is 1. The summed E-state index contributed by atoms with van der Waals surface area (Å²) < 4.78 is 0. The summed E-state index contributed by atoms with van der Waals surface area (Å²) in [7, 11) is 0. The van der Waals surface area contributed by atoms with Crippen LogP contribution in [-0.4, -0.2) is 5.91 Å². The average Bonchev–Trinajstić information content (AvgIpc) is 2.77. The van der Waals surface area contributed by atoms with Gasteiger partial charge >= 0.3 is 0 Å². The molecule has 2 aliphatic rings. The van der Waals surface area contributed by atoms with Crippen molar-refractivity contribution < 1.29 is 4.79 Å². The highest BCUT2D eigenvalue weighted by Gasteiger charge is 2.27. The summed E-state index contributed by atoms with van der Waals surface area (Å²) in [5.41, 5.74) is 3.23. The second kappa shape index (κ2) is 5.16. The molecule has 1 amide bonds. The number of hydrogen-bond acceptors (Lipinski definition) is 1. The zero-order chi connectivity index (χ0) is 13.4. The predicted molar refractivity (Wildman–Crippen MR) is 78.5 cm³/mol. The maximum Gasteiger partial charge on any atom is 0.228 e. The van der Waals surface area contributed by atoms with Gasteiger partial charge in [0.05, 0.1) is 11.8 Å². The lowest BCUT2D eigenvalue weighted by Gasteiger charge is -2.29. The van der Waals surface area contributed by atoms with Crippen molar-refractivity contribution in [3.05, 3.63) is 29.3 Å². The molecule has 1 aliphatic heterocycles. The molecular formula is C16H20ClNO. The highest BCUT2D eigenvalue weighted by molar-refractivity contribution is 6.21. The van der Waals surface area contributed by atoms with Crippen molar-refractivity contribution in [3.63, 3.8) is 0 Å². The Morgan fingerprint density at radius 3 is 2.74 bits per heavy atom. The van der Waals surface area contributed by atoms with Gasteiger partial charge in [0.15, 0.2) is 0 Å². The first kappa shape index (κ1) is 13.0. The molecule has 0 spiro atoms. The quantitative estimate of drug-likeness (QED) is 0.803. The summed E-state index contributed by atoms with van der Waals surface area (Å²) in [6, 6.07) is 6.18. The van der Waals surface area contributed by atoms with Crippen LogP contribution < -0.4 is 5.32 Å². The van der Waals surface area contributed by atoms with Crippen LogP contribution in [0.4, 0.5) is 5.69 Å². The fraction of sp³-hybridized carbons (Fsp3) is 0.562. The Morgan fingerprint density at radius 1 is 1.26 bits per heavy atom. The van der Waals surface area contributed by atoms with E-state index in [0.29, 0.717) is 12.3 Å². The first-order chi connectivity index (χ1) is 9.13. The van der Waals surface area contributed by atoms with Crippen LogP contribution in [0, 0.1) is 11.8 Å². The molecule has 1 heterocycles. The van der Waals surface area contributed by atoms with Crippen LogP contribution in [0.1, 0.15) is 49.1 Å². The molecule has 1 saturated carbocycles. The topological polar surface area (TPSA) is 29.1 Å². The molecule has 2 nitrogen and oxygen atoms in total. The molecule has 0 bridgehead atoms. The van der Waals surface area contributed by atoms with E-state index in [0.717, 1.165) is 17.2 Å². The van der Waals surface area contributed by atoms with E-state index in [1.54, 1.807) is 0 Å². The van der Waals surface area contributed by atoms with Crippen LogP contribution in [0.3, 0.4) is 0 Å². The molecule has 3 heteroatoms. The summed E-state index contributed by atoms with van der Waals surface area (Å²) in [4.78, 5) is 11.4. The Balaban J connectivity index is 1.75. The Kier molecular flexibility index (Phi) is 3.53. The molecule has 1 fully saturated rings. The lowest BCUT2D eigenvalue weighted by Crippen LogP contribution is -2.16. The summed E-state index contributed by atoms with van der Waals surface area (Å²) in [6.45, 7) is 2.33. The van der Waals surface area contributed by atoms with E-state index < -0.39 is 0 Å². The molecule has 0 saturated heterocycles. The van der Waals surface area contributed by atoms with Crippen molar-refractivity contribution in [2.24, 2.45) is 11.8 Å². The van der Waals surface area contributed by atoms with Crippen LogP contribution >= 0.6 is 11.6 Å². The molecule has 1 aromatic rings. The van der Waals surface area contributed by atoms with Crippen LogP contribution in [-0.2, 0) is 11.2 Å². The molecule has 0 radical (unpaired) electrons. The van der Waals surface area contributed by atoms with Crippen LogP contribution in [0.25, 0.3) is 0 Å². The fourth-order valence-electron chi connectivity index (χ4n) is 3.27. The van der Waals surface area contributed by atoms with Crippen LogP contribution in [0.5, 0.6) is 0 Å². The number of alkyl halides is 1. The predicted octanol–water partition coefficient (Wildman–Crippen LogP) is 4.29. The molecule has 1 aliphatic carbocycles. The van der Waals surface area contributed by atoms with E-state index in [9.17, 15) is 4.79 Å². The van der Waals surface area contributed by atoms with Crippen molar-refractivity contribution in [2.45, 2.75) is 44.4 Å². The lowest BCUT2D eigenvalue weighted by atomic mass is 9.79. The summed E-state index contributed by atoms with van der Waals surface area (Å²) in [6.07, 6.45) is 5.53. The van der Waals surface area contributed by atoms with Crippen molar-refractivity contribution in [1.29, 1.82) is 0 Å². The number of fused-ring (bicyclic) bond motifs is 1. The van der Waals surface area contributed by atoms with E-state index in [2.05, 4.69) is 24.4 Å². The van der Waals surface area contributed by atoms with Gasteiger partial charge in [-0.25, -0.2) is 0 Å². The minimum atomic E-state index is 0.0877. The highest BCUT2D eigenvalue weighted by atomic mass is 35.5. The minimum absolute atomic E-state index is 0.0877. The largest absolute Gasteiger partial charge is 0.326 e. The van der Waals surface area contributed by atoms with Gasteiger partial charge < -0.3 is 5.32 Å². The van der Waals surface area contributed by atoms with Gasteiger partial charge in [0.1, 0.15) is 0 Å². The monoisotopic (exact) mass is 277 g/mol. The second-order valence-electron chi connectivity index (χ2n) is 6.06. The van der Waals surface area contributed by atoms with Crippen LogP contribution in [0.2, 0.25) is 0 Å². The first-order valence-electron chi connectivity index (χ1n) is 7.20. The zero-order valence-electron chi connectivity index (χ0n) is 11.3. The normalized spacial score (nSPS) is 27.8. The van der Waals surface area contributed by atoms with Crippen LogP contribution in [0.15, 0.2) is 18.2 Å². The third kappa shape index (κ3) is 2.64. The van der Waals surface area contributed by atoms with Crippen molar-refractivity contribution in [2.75, 3.05) is 5.32 Å². The maximum atomic E-state index is 11.4. The molecule has 0 aromatic heterocycles. The van der Waals surface area contributed by atoms with E-state index in [1.807, 2.05) is 6.07 Å². The van der Waals surface area contributed by atoms with Gasteiger partial charge in [0.2, 0.25) is 5.91 Å². The van der Waals surface area contributed by atoms with E-state index in [4.69, 9.17) is 11.6 Å². The highest BCUT2D eigenvalue weighted by Crippen LogP contribution is 2.41. The number of benzene rings is 1. The Bertz CT molecular complexity index is 492. The third-order valence-electron chi connectivity index (χ3n) is 4.55. The zero-order valence-corrected chi connectivity index (χ0v) is 12.0. The average molecular weight is 278 g/mol. The molecular weight excluding hydrogens is 258 g/mol. The number of hydrogen-bond donors (Lipinski definition) is 1. The van der Waals surface area contributed by atoms with Gasteiger partial charge in [-0.2, -0.15) is 0 Å². The van der Waals surface area contributed by atoms with Crippen molar-refractivity contribution in [3.8, 4) is 0 Å². The minimum Gasteiger partial charge on any atom is -0.326 e. The molecule has 19 heavy (non-hydrogen) atoms. The number of amides is 1. The summed E-state index contributed by atoms with van der Waals surface area (Å²) >= 11 is 6.67. The number of nitrogens with one attached hydrogen (secondary N) is 1. The Labute approximate surface area is 119 Å². The van der Waals surface area contributed by atoms with E-state index in [-0.39, 0.29) is 11.3 Å². The second-order valence-corrected chi connectivity index (χ2v) is 6.53. The first-order valence-corrected chi connectivity index (χ1v) is 7.64. The smallest absolute Gasteiger partial charge is 0.228 e. The maximum absolute atomic E-state index is 11.4. The van der Waals surface area contributed by atoms with Crippen molar-refractivity contribution in [1.82, 2.24) is 0 Å². The van der Waals surface area contributed by atoms with Gasteiger partial charge in [-0.15, -0.1) is 11.6 Å². The number of halogens is 1. The molecule has 1 aromatic carbocycles. The lowest BCUT2D eigenvalue weighted by molar-refractivity contribution is -0.115. The molecule has 1 N–H and O–H groups in total.